The van der Waals surface area contributed by atoms with Gasteiger partial charge in [0.1, 0.15) is 0 Å². The van der Waals surface area contributed by atoms with Gasteiger partial charge in [-0.3, -0.25) is 0 Å². The van der Waals surface area contributed by atoms with Crippen LogP contribution in [0.1, 0.15) is 37.5 Å². The molecule has 1 heterocycles. The first-order chi connectivity index (χ1) is 8.54. The van der Waals surface area contributed by atoms with E-state index in [2.05, 4.69) is 11.6 Å². The molecule has 6 heteroatoms. The number of nitrogens with two attached hydrogens (primary N) is 1. The third kappa shape index (κ3) is 2.93. The van der Waals surface area contributed by atoms with Gasteiger partial charge in [0.05, 0.1) is 4.90 Å². The van der Waals surface area contributed by atoms with E-state index in [1.54, 1.807) is 11.4 Å². The van der Waals surface area contributed by atoms with Crippen LogP contribution in [-0.4, -0.2) is 14.5 Å². The molecule has 1 aliphatic carbocycles. The van der Waals surface area contributed by atoms with Crippen LogP contribution in [0, 0.1) is 5.92 Å². The van der Waals surface area contributed by atoms with Crippen molar-refractivity contribution in [1.29, 1.82) is 0 Å². The fourth-order valence-electron chi connectivity index (χ4n) is 2.47. The van der Waals surface area contributed by atoms with E-state index in [9.17, 15) is 8.42 Å². The first-order valence-corrected chi connectivity index (χ1v) is 8.69. The minimum absolute atomic E-state index is 0.0641. The van der Waals surface area contributed by atoms with Crippen molar-refractivity contribution < 1.29 is 8.42 Å². The Morgan fingerprint density at radius 2 is 2.17 bits per heavy atom. The molecule has 3 N–H and O–H groups in total. The van der Waals surface area contributed by atoms with Gasteiger partial charge in [-0.25, -0.2) is 13.1 Å². The summed E-state index contributed by atoms with van der Waals surface area (Å²) in [6, 6.07) is 1.71. The monoisotopic (exact) mass is 288 g/mol. The van der Waals surface area contributed by atoms with Crippen LogP contribution < -0.4 is 10.5 Å². The van der Waals surface area contributed by atoms with Crippen molar-refractivity contribution >= 4 is 21.4 Å². The van der Waals surface area contributed by atoms with E-state index in [-0.39, 0.29) is 12.6 Å². The first kappa shape index (κ1) is 14.0. The zero-order valence-corrected chi connectivity index (χ0v) is 12.2. The summed E-state index contributed by atoms with van der Waals surface area (Å²) in [7, 11) is -3.41. The molecular weight excluding hydrogens is 268 g/mol. The summed E-state index contributed by atoms with van der Waals surface area (Å²) in [6.45, 7) is 2.39. The quantitative estimate of drug-likeness (QED) is 0.891. The predicted octanol–water partition coefficient (Wildman–Crippen LogP) is 2.06. The molecule has 0 aliphatic heterocycles. The molecule has 1 fully saturated rings. The van der Waals surface area contributed by atoms with Crippen LogP contribution in [0.4, 0.5) is 0 Å². The molecule has 1 aliphatic rings. The van der Waals surface area contributed by atoms with E-state index < -0.39 is 10.0 Å². The number of nitrogens with one attached hydrogen (secondary N) is 1. The maximum Gasteiger partial charge on any atom is 0.241 e. The van der Waals surface area contributed by atoms with Gasteiger partial charge in [-0.1, -0.05) is 19.8 Å². The van der Waals surface area contributed by atoms with E-state index >= 15 is 0 Å². The number of sulfonamides is 1. The molecule has 4 nitrogen and oxygen atoms in total. The van der Waals surface area contributed by atoms with Crippen LogP contribution in [0.25, 0.3) is 0 Å². The van der Waals surface area contributed by atoms with Gasteiger partial charge in [0, 0.05) is 17.5 Å². The fraction of sp³-hybridized carbons (Fsp3) is 0.667. The van der Waals surface area contributed by atoms with E-state index in [0.717, 1.165) is 24.1 Å². The Kier molecular flexibility index (Phi) is 4.42. The van der Waals surface area contributed by atoms with E-state index in [4.69, 9.17) is 5.73 Å². The van der Waals surface area contributed by atoms with Crippen molar-refractivity contribution in [2.75, 3.05) is 0 Å². The van der Waals surface area contributed by atoms with Gasteiger partial charge in [-0.15, -0.1) is 11.3 Å². The van der Waals surface area contributed by atoms with Crippen molar-refractivity contribution in [1.82, 2.24) is 4.72 Å². The minimum atomic E-state index is -3.41. The lowest BCUT2D eigenvalue weighted by Gasteiger charge is -2.29. The Morgan fingerprint density at radius 1 is 1.44 bits per heavy atom. The highest BCUT2D eigenvalue weighted by molar-refractivity contribution is 7.89. The highest BCUT2D eigenvalue weighted by Gasteiger charge is 2.28. The van der Waals surface area contributed by atoms with Gasteiger partial charge in [0.15, 0.2) is 0 Å². The summed E-state index contributed by atoms with van der Waals surface area (Å²) in [4.78, 5) is 1.08. The SMILES string of the molecule is CC1CCCCC1NS(=O)(=O)c1ccsc1CN. The fourth-order valence-corrected chi connectivity index (χ4v) is 5.19. The Labute approximate surface area is 113 Å². The predicted molar refractivity (Wildman–Crippen MR) is 74.0 cm³/mol. The maximum absolute atomic E-state index is 12.3. The summed E-state index contributed by atoms with van der Waals surface area (Å²) >= 11 is 1.40. The highest BCUT2D eigenvalue weighted by Crippen LogP contribution is 2.27. The maximum atomic E-state index is 12.3. The Hall–Kier alpha value is -0.430. The topological polar surface area (TPSA) is 72.2 Å². The summed E-state index contributed by atoms with van der Waals surface area (Å²) < 4.78 is 27.5. The van der Waals surface area contributed by atoms with Gasteiger partial charge in [0.25, 0.3) is 0 Å². The molecule has 0 bridgehead atoms. The van der Waals surface area contributed by atoms with Crippen molar-refractivity contribution in [3.8, 4) is 0 Å². The Morgan fingerprint density at radius 3 is 2.83 bits per heavy atom. The van der Waals surface area contributed by atoms with Crippen LogP contribution in [0.2, 0.25) is 0 Å². The lowest BCUT2D eigenvalue weighted by molar-refractivity contribution is 0.310. The van der Waals surface area contributed by atoms with Gasteiger partial charge in [-0.05, 0) is 30.2 Å². The van der Waals surface area contributed by atoms with E-state index in [1.807, 2.05) is 0 Å². The van der Waals surface area contributed by atoms with Crippen molar-refractivity contribution in [2.45, 2.75) is 50.1 Å². The summed E-state index contributed by atoms with van der Waals surface area (Å²) in [5.74, 6) is 0.411. The molecule has 0 spiro atoms. The number of rotatable bonds is 4. The molecule has 102 valence electrons. The standard InChI is InChI=1S/C12H20N2O2S2/c1-9-4-2-3-5-10(9)14-18(15,16)12-6-7-17-11(12)8-13/h6-7,9-10,14H,2-5,8,13H2,1H3. The zero-order valence-electron chi connectivity index (χ0n) is 10.6. The summed E-state index contributed by atoms with van der Waals surface area (Å²) in [6.07, 6.45) is 4.33. The molecule has 1 saturated carbocycles. The van der Waals surface area contributed by atoms with Crippen LogP contribution in [-0.2, 0) is 16.6 Å². The molecule has 2 unspecified atom stereocenters. The Balaban J connectivity index is 2.16. The van der Waals surface area contributed by atoms with Crippen LogP contribution in [0.5, 0.6) is 0 Å². The van der Waals surface area contributed by atoms with Crippen LogP contribution in [0.3, 0.4) is 0 Å². The van der Waals surface area contributed by atoms with Crippen molar-refractivity contribution in [3.05, 3.63) is 16.3 Å². The van der Waals surface area contributed by atoms with Crippen LogP contribution >= 0.6 is 11.3 Å². The van der Waals surface area contributed by atoms with Gasteiger partial charge < -0.3 is 5.73 Å². The third-order valence-electron chi connectivity index (χ3n) is 3.60. The lowest BCUT2D eigenvalue weighted by Crippen LogP contribution is -2.41. The molecule has 0 amide bonds. The van der Waals surface area contributed by atoms with Gasteiger partial charge >= 0.3 is 0 Å². The first-order valence-electron chi connectivity index (χ1n) is 6.33. The average Bonchev–Trinajstić information content (AvgIpc) is 2.81. The van der Waals surface area contributed by atoms with Crippen LogP contribution in [0.15, 0.2) is 16.3 Å². The second-order valence-electron chi connectivity index (χ2n) is 4.90. The number of thiophene rings is 1. The molecular formula is C12H20N2O2S2. The molecule has 1 aromatic rings. The van der Waals surface area contributed by atoms with Crippen molar-refractivity contribution in [2.24, 2.45) is 11.7 Å². The van der Waals surface area contributed by atoms with Gasteiger partial charge in [-0.2, -0.15) is 0 Å². The molecule has 18 heavy (non-hydrogen) atoms. The minimum Gasteiger partial charge on any atom is -0.326 e. The third-order valence-corrected chi connectivity index (χ3v) is 6.24. The summed E-state index contributed by atoms with van der Waals surface area (Å²) in [5, 5.41) is 1.78. The molecule has 1 aromatic heterocycles. The molecule has 0 saturated heterocycles. The molecule has 0 radical (unpaired) electrons. The second-order valence-corrected chi connectivity index (χ2v) is 7.58. The van der Waals surface area contributed by atoms with E-state index in [1.165, 1.54) is 17.8 Å². The van der Waals surface area contributed by atoms with Crippen molar-refractivity contribution in [3.63, 3.8) is 0 Å². The summed E-state index contributed by atoms with van der Waals surface area (Å²) in [5.41, 5.74) is 5.57. The number of hydrogen-bond acceptors (Lipinski definition) is 4. The average molecular weight is 288 g/mol. The largest absolute Gasteiger partial charge is 0.326 e. The lowest BCUT2D eigenvalue weighted by atomic mass is 9.87. The number of hydrogen-bond donors (Lipinski definition) is 2. The normalized spacial score (nSPS) is 25.2. The van der Waals surface area contributed by atoms with E-state index in [0.29, 0.717) is 10.8 Å². The second kappa shape index (κ2) is 5.69. The molecule has 2 atom stereocenters. The smallest absolute Gasteiger partial charge is 0.241 e. The zero-order chi connectivity index (χ0) is 13.2. The molecule has 0 aromatic carbocycles. The van der Waals surface area contributed by atoms with Gasteiger partial charge in [0.2, 0.25) is 10.0 Å². The molecule has 2 rings (SSSR count). The Bertz CT molecular complexity index is 496. The highest BCUT2D eigenvalue weighted by atomic mass is 32.2.